The van der Waals surface area contributed by atoms with Gasteiger partial charge < -0.3 is 16.2 Å². The summed E-state index contributed by atoms with van der Waals surface area (Å²) in [6.07, 6.45) is 5.49. The summed E-state index contributed by atoms with van der Waals surface area (Å²) in [5, 5.41) is 12.1. The van der Waals surface area contributed by atoms with Crippen molar-refractivity contribution in [1.82, 2.24) is 10.2 Å². The average Bonchev–Trinajstić information content (AvgIpc) is 2.41. The minimum Gasteiger partial charge on any atom is -0.478 e. The van der Waals surface area contributed by atoms with Gasteiger partial charge in [-0.05, 0) is 32.4 Å². The molecule has 1 aliphatic heterocycles. The number of hydrogen-bond acceptors (Lipinski definition) is 4. The Morgan fingerprint density at radius 2 is 2.00 bits per heavy atom. The number of hydrogen-bond donors (Lipinski definition) is 3. The molecule has 112 valence electrons. The molecule has 0 radical (unpaired) electrons. The van der Waals surface area contributed by atoms with Crippen molar-refractivity contribution >= 4 is 11.9 Å². The number of carboxylic acid groups (broad SMARTS) is 1. The van der Waals surface area contributed by atoms with Crippen LogP contribution in [-0.2, 0) is 9.59 Å². The standard InChI is InChI=1S/C14H23N3O3/c1-9(18)16-13-11(15)7-10(14(19)20)8-12(13)17-5-3-2-4-6-17/h8,11-13H,2-7,15H2,1H3,(H,16,18)(H,19,20)/t11-,12-,13+/m0/s1. The summed E-state index contributed by atoms with van der Waals surface area (Å²) in [6, 6.07) is -0.690. The van der Waals surface area contributed by atoms with Gasteiger partial charge in [0.25, 0.3) is 0 Å². The lowest BCUT2D eigenvalue weighted by molar-refractivity contribution is -0.133. The third-order valence-electron chi connectivity index (χ3n) is 4.11. The molecule has 2 aliphatic rings. The van der Waals surface area contributed by atoms with Crippen molar-refractivity contribution in [2.45, 2.75) is 50.7 Å². The van der Waals surface area contributed by atoms with Crippen molar-refractivity contribution in [3.63, 3.8) is 0 Å². The van der Waals surface area contributed by atoms with E-state index in [4.69, 9.17) is 5.73 Å². The van der Waals surface area contributed by atoms with E-state index in [0.717, 1.165) is 25.9 Å². The molecule has 0 unspecified atom stereocenters. The SMILES string of the molecule is CC(=O)N[C@@H]1[C@@H](N)CC(C(=O)O)=C[C@@H]1N1CCCCC1. The highest BCUT2D eigenvalue weighted by molar-refractivity contribution is 5.87. The largest absolute Gasteiger partial charge is 0.478 e. The quantitative estimate of drug-likeness (QED) is 0.681. The summed E-state index contributed by atoms with van der Waals surface area (Å²) in [5.74, 6) is -1.04. The second-order valence-electron chi connectivity index (χ2n) is 5.68. The van der Waals surface area contributed by atoms with Gasteiger partial charge in [0, 0.05) is 18.5 Å². The van der Waals surface area contributed by atoms with Crippen LogP contribution in [0.15, 0.2) is 11.6 Å². The second-order valence-corrected chi connectivity index (χ2v) is 5.68. The Bertz CT molecular complexity index is 416. The van der Waals surface area contributed by atoms with Crippen molar-refractivity contribution in [3.8, 4) is 0 Å². The third kappa shape index (κ3) is 3.37. The van der Waals surface area contributed by atoms with Gasteiger partial charge in [-0.1, -0.05) is 12.5 Å². The summed E-state index contributed by atoms with van der Waals surface area (Å²) in [5.41, 5.74) is 6.46. The number of nitrogens with two attached hydrogens (primary N) is 1. The zero-order chi connectivity index (χ0) is 14.7. The number of nitrogens with zero attached hydrogens (tertiary/aromatic N) is 1. The zero-order valence-corrected chi connectivity index (χ0v) is 11.8. The Morgan fingerprint density at radius 1 is 1.35 bits per heavy atom. The van der Waals surface area contributed by atoms with E-state index >= 15 is 0 Å². The molecule has 0 bridgehead atoms. The number of carbonyl (C=O) groups is 2. The van der Waals surface area contributed by atoms with Gasteiger partial charge >= 0.3 is 5.97 Å². The highest BCUT2D eigenvalue weighted by Gasteiger charge is 2.37. The molecule has 1 saturated heterocycles. The lowest BCUT2D eigenvalue weighted by Gasteiger charge is -2.42. The van der Waals surface area contributed by atoms with Crippen molar-refractivity contribution in [2.75, 3.05) is 13.1 Å². The second kappa shape index (κ2) is 6.37. The summed E-state index contributed by atoms with van der Waals surface area (Å²) in [4.78, 5) is 24.8. The number of piperidine rings is 1. The first-order chi connectivity index (χ1) is 9.49. The first kappa shape index (κ1) is 15.0. The molecule has 0 aromatic rings. The fraction of sp³-hybridized carbons (Fsp3) is 0.714. The van der Waals surface area contributed by atoms with E-state index in [1.54, 1.807) is 6.08 Å². The number of likely N-dealkylation sites (tertiary alicyclic amines) is 1. The smallest absolute Gasteiger partial charge is 0.331 e. The van der Waals surface area contributed by atoms with Gasteiger partial charge in [-0.25, -0.2) is 4.79 Å². The minimum atomic E-state index is -0.913. The van der Waals surface area contributed by atoms with Crippen LogP contribution in [0.1, 0.15) is 32.6 Å². The summed E-state index contributed by atoms with van der Waals surface area (Å²) < 4.78 is 0. The first-order valence-corrected chi connectivity index (χ1v) is 7.19. The predicted molar refractivity (Wildman–Crippen MR) is 75.1 cm³/mol. The molecule has 20 heavy (non-hydrogen) atoms. The Labute approximate surface area is 119 Å². The van der Waals surface area contributed by atoms with Crippen molar-refractivity contribution in [3.05, 3.63) is 11.6 Å². The lowest BCUT2D eigenvalue weighted by Crippen LogP contribution is -2.61. The predicted octanol–water partition coefficient (Wildman–Crippen LogP) is 0.0876. The highest BCUT2D eigenvalue weighted by Crippen LogP contribution is 2.25. The molecule has 0 aromatic heterocycles. The number of amides is 1. The van der Waals surface area contributed by atoms with Gasteiger partial charge in [0.05, 0.1) is 12.1 Å². The van der Waals surface area contributed by atoms with Crippen LogP contribution < -0.4 is 11.1 Å². The van der Waals surface area contributed by atoms with Gasteiger partial charge in [0.15, 0.2) is 0 Å². The third-order valence-corrected chi connectivity index (χ3v) is 4.11. The fourth-order valence-electron chi connectivity index (χ4n) is 3.15. The van der Waals surface area contributed by atoms with Crippen LogP contribution in [0.5, 0.6) is 0 Å². The first-order valence-electron chi connectivity index (χ1n) is 7.19. The number of nitrogens with one attached hydrogen (secondary N) is 1. The van der Waals surface area contributed by atoms with Crippen molar-refractivity contribution in [2.24, 2.45) is 5.73 Å². The van der Waals surface area contributed by atoms with E-state index in [9.17, 15) is 14.7 Å². The summed E-state index contributed by atoms with van der Waals surface area (Å²) in [6.45, 7) is 3.32. The summed E-state index contributed by atoms with van der Waals surface area (Å²) >= 11 is 0. The summed E-state index contributed by atoms with van der Waals surface area (Å²) in [7, 11) is 0. The Hall–Kier alpha value is -1.40. The van der Waals surface area contributed by atoms with E-state index < -0.39 is 5.97 Å². The molecule has 0 saturated carbocycles. The van der Waals surface area contributed by atoms with Crippen LogP contribution in [0.4, 0.5) is 0 Å². The molecular weight excluding hydrogens is 258 g/mol. The number of carboxylic acids is 1. The van der Waals surface area contributed by atoms with Crippen LogP contribution in [0.2, 0.25) is 0 Å². The normalized spacial score (nSPS) is 31.5. The molecule has 1 amide bonds. The van der Waals surface area contributed by atoms with E-state index in [1.807, 2.05) is 0 Å². The molecule has 1 aliphatic carbocycles. The van der Waals surface area contributed by atoms with Crippen LogP contribution in [0, 0.1) is 0 Å². The van der Waals surface area contributed by atoms with Crippen LogP contribution >= 0.6 is 0 Å². The number of rotatable bonds is 3. The van der Waals surface area contributed by atoms with Gasteiger partial charge in [0.2, 0.25) is 5.91 Å². The molecule has 1 fully saturated rings. The molecule has 2 rings (SSSR count). The maximum absolute atomic E-state index is 11.4. The Morgan fingerprint density at radius 3 is 2.55 bits per heavy atom. The monoisotopic (exact) mass is 281 g/mol. The maximum atomic E-state index is 11.4. The topological polar surface area (TPSA) is 95.7 Å². The van der Waals surface area contributed by atoms with Crippen molar-refractivity contribution < 1.29 is 14.7 Å². The van der Waals surface area contributed by atoms with Crippen LogP contribution in [0.3, 0.4) is 0 Å². The molecule has 3 atom stereocenters. The Kier molecular flexibility index (Phi) is 4.77. The maximum Gasteiger partial charge on any atom is 0.331 e. The highest BCUT2D eigenvalue weighted by atomic mass is 16.4. The molecule has 1 heterocycles. The molecule has 4 N–H and O–H groups in total. The van der Waals surface area contributed by atoms with Gasteiger partial charge in [-0.3, -0.25) is 9.69 Å². The molecule has 0 spiro atoms. The lowest BCUT2D eigenvalue weighted by atomic mass is 9.85. The van der Waals surface area contributed by atoms with E-state index in [-0.39, 0.29) is 24.0 Å². The van der Waals surface area contributed by atoms with Gasteiger partial charge in [-0.2, -0.15) is 0 Å². The van der Waals surface area contributed by atoms with Crippen molar-refractivity contribution in [1.29, 1.82) is 0 Å². The number of carbonyl (C=O) groups excluding carboxylic acids is 1. The molecule has 6 heteroatoms. The van der Waals surface area contributed by atoms with Gasteiger partial charge in [-0.15, -0.1) is 0 Å². The molecular formula is C14H23N3O3. The average molecular weight is 281 g/mol. The van der Waals surface area contributed by atoms with E-state index in [0.29, 0.717) is 12.0 Å². The Balaban J connectivity index is 2.24. The van der Waals surface area contributed by atoms with E-state index in [1.165, 1.54) is 13.3 Å². The van der Waals surface area contributed by atoms with Gasteiger partial charge in [0.1, 0.15) is 0 Å². The molecule has 0 aromatic carbocycles. The minimum absolute atomic E-state index is 0.117. The van der Waals surface area contributed by atoms with Crippen LogP contribution in [-0.4, -0.2) is 53.1 Å². The van der Waals surface area contributed by atoms with Crippen LogP contribution in [0.25, 0.3) is 0 Å². The fourth-order valence-corrected chi connectivity index (χ4v) is 3.15. The number of aliphatic carboxylic acids is 1. The zero-order valence-electron chi connectivity index (χ0n) is 11.8. The molecule has 6 nitrogen and oxygen atoms in total. The van der Waals surface area contributed by atoms with E-state index in [2.05, 4.69) is 10.2 Å².